The second kappa shape index (κ2) is 10.2. The fraction of sp³-hybridized carbons (Fsp3) is 0.833. The molecule has 0 aromatic rings. The van der Waals surface area contributed by atoms with Gasteiger partial charge in [-0.1, -0.05) is 34.1 Å². The van der Waals surface area contributed by atoms with Crippen LogP contribution in [0.15, 0.2) is 0 Å². The first-order chi connectivity index (χ1) is 16.0. The zero-order valence-electron chi connectivity index (χ0n) is 20.6. The summed E-state index contributed by atoms with van der Waals surface area (Å²) in [7, 11) is 0. The third-order valence-corrected chi connectivity index (χ3v) is 7.77. The number of ether oxygens (including phenoxy) is 2. The molecule has 10 nitrogen and oxygen atoms in total. The predicted molar refractivity (Wildman–Crippen MR) is 121 cm³/mol. The average molecular weight is 483 g/mol. The highest BCUT2D eigenvalue weighted by molar-refractivity contribution is 5.83. The second-order valence-corrected chi connectivity index (χ2v) is 10.6. The first-order valence-corrected chi connectivity index (χ1v) is 12.2. The molecule has 0 aromatic heterocycles. The van der Waals surface area contributed by atoms with Gasteiger partial charge in [-0.15, -0.1) is 0 Å². The predicted octanol–water partition coefficient (Wildman–Crippen LogP) is 1.33. The summed E-state index contributed by atoms with van der Waals surface area (Å²) >= 11 is 0. The van der Waals surface area contributed by atoms with Crippen molar-refractivity contribution in [1.29, 1.82) is 0 Å². The van der Waals surface area contributed by atoms with E-state index in [9.17, 15) is 24.3 Å². The van der Waals surface area contributed by atoms with Crippen molar-refractivity contribution in [2.75, 3.05) is 46.1 Å². The van der Waals surface area contributed by atoms with Gasteiger partial charge in [0, 0.05) is 36.9 Å². The van der Waals surface area contributed by atoms with Crippen molar-refractivity contribution in [1.82, 2.24) is 9.80 Å². The molecule has 0 aliphatic carbocycles. The molecule has 34 heavy (non-hydrogen) atoms. The summed E-state index contributed by atoms with van der Waals surface area (Å²) < 4.78 is 10.3. The average Bonchev–Trinajstić information content (AvgIpc) is 3.33. The van der Waals surface area contributed by atoms with E-state index in [1.807, 2.05) is 20.8 Å². The molecular formula is C24H38N2O8. The molecule has 4 heterocycles. The molecule has 2 amide bonds. The van der Waals surface area contributed by atoms with Gasteiger partial charge in [-0.05, 0) is 12.8 Å². The van der Waals surface area contributed by atoms with E-state index in [0.29, 0.717) is 52.5 Å². The molecule has 3 atom stereocenters. The Kier molecular flexibility index (Phi) is 7.92. The van der Waals surface area contributed by atoms with E-state index in [4.69, 9.17) is 14.6 Å². The number of carboxylic acid groups (broad SMARTS) is 2. The van der Waals surface area contributed by atoms with Crippen molar-refractivity contribution >= 4 is 23.8 Å². The van der Waals surface area contributed by atoms with Gasteiger partial charge in [0.1, 0.15) is 5.54 Å². The van der Waals surface area contributed by atoms with Crippen LogP contribution < -0.4 is 0 Å². The molecule has 4 rings (SSSR count). The lowest BCUT2D eigenvalue weighted by atomic mass is 9.76. The Morgan fingerprint density at radius 3 is 1.91 bits per heavy atom. The smallest absolute Gasteiger partial charge is 0.309 e. The van der Waals surface area contributed by atoms with Crippen LogP contribution in [0.4, 0.5) is 0 Å². The van der Waals surface area contributed by atoms with Crippen molar-refractivity contribution < 1.29 is 38.9 Å². The summed E-state index contributed by atoms with van der Waals surface area (Å²) in [5.41, 5.74) is -0.888. The van der Waals surface area contributed by atoms with Gasteiger partial charge < -0.3 is 29.5 Å². The Balaban J connectivity index is 0.000000192. The van der Waals surface area contributed by atoms with Crippen LogP contribution in [0.1, 0.15) is 47.0 Å². The fourth-order valence-electron chi connectivity index (χ4n) is 5.61. The van der Waals surface area contributed by atoms with Crippen LogP contribution in [0, 0.1) is 29.1 Å². The Labute approximate surface area is 200 Å². The fourth-order valence-corrected chi connectivity index (χ4v) is 5.61. The number of amides is 2. The van der Waals surface area contributed by atoms with Gasteiger partial charge in [0.2, 0.25) is 11.8 Å². The Bertz CT molecular complexity index is 805. The minimum Gasteiger partial charge on any atom is -0.481 e. The van der Waals surface area contributed by atoms with Gasteiger partial charge in [0.15, 0.2) is 0 Å². The topological polar surface area (TPSA) is 134 Å². The Morgan fingerprint density at radius 2 is 1.53 bits per heavy atom. The van der Waals surface area contributed by atoms with E-state index in [1.54, 1.807) is 9.80 Å². The van der Waals surface area contributed by atoms with Crippen LogP contribution in [0.3, 0.4) is 0 Å². The molecule has 0 saturated carbocycles. The van der Waals surface area contributed by atoms with Gasteiger partial charge in [0.25, 0.3) is 0 Å². The normalized spacial score (nSPS) is 27.1. The van der Waals surface area contributed by atoms with E-state index in [2.05, 4.69) is 6.92 Å². The highest BCUT2D eigenvalue weighted by Crippen LogP contribution is 2.43. The number of likely N-dealkylation sites (tertiary alicyclic amines) is 2. The number of hydrogen-bond donors (Lipinski definition) is 2. The van der Waals surface area contributed by atoms with Crippen molar-refractivity contribution in [2.45, 2.75) is 52.5 Å². The number of carbonyl (C=O) groups is 4. The molecule has 4 saturated heterocycles. The molecular weight excluding hydrogens is 444 g/mol. The monoisotopic (exact) mass is 482 g/mol. The number of rotatable bonds is 6. The lowest BCUT2D eigenvalue weighted by molar-refractivity contribution is -0.179. The molecule has 4 fully saturated rings. The first kappa shape index (κ1) is 26.4. The molecule has 2 N–H and O–H groups in total. The standard InChI is InChI=1S/C13H21NO4.C11H17NO4/c1-3-4-9(2)11(15)14-6-5-10(12(16)17)13(14)7-18-8-13;1-7(2)9(13)12-3-8(10(14)15)11(4-12)5-16-6-11/h9-10H,3-8H2,1-2H3,(H,16,17);7-8H,3-6H2,1-2H3,(H,14,15). The lowest BCUT2D eigenvalue weighted by Crippen LogP contribution is -2.65. The molecule has 4 aliphatic rings. The molecule has 0 aromatic carbocycles. The lowest BCUT2D eigenvalue weighted by Gasteiger charge is -2.48. The van der Waals surface area contributed by atoms with Crippen LogP contribution in [0.25, 0.3) is 0 Å². The number of aliphatic carboxylic acids is 2. The van der Waals surface area contributed by atoms with E-state index >= 15 is 0 Å². The highest BCUT2D eigenvalue weighted by Gasteiger charge is 2.59. The van der Waals surface area contributed by atoms with E-state index < -0.39 is 29.3 Å². The number of carboxylic acids is 2. The summed E-state index contributed by atoms with van der Waals surface area (Å²) in [5, 5.41) is 18.4. The Hall–Kier alpha value is -2.20. The van der Waals surface area contributed by atoms with E-state index in [-0.39, 0.29) is 29.1 Å². The number of carbonyl (C=O) groups excluding carboxylic acids is 2. The minimum absolute atomic E-state index is 0.0278. The molecule has 0 radical (unpaired) electrons. The third-order valence-electron chi connectivity index (χ3n) is 7.77. The van der Waals surface area contributed by atoms with Gasteiger partial charge in [-0.25, -0.2) is 0 Å². The van der Waals surface area contributed by atoms with Crippen LogP contribution in [0.2, 0.25) is 0 Å². The SMILES string of the molecule is CC(C)C(=O)N1CC(C(=O)O)C2(COC2)C1.CCCC(C)C(=O)N1CCC(C(=O)O)C12COC2. The summed E-state index contributed by atoms with van der Waals surface area (Å²) in [6, 6.07) is 0. The van der Waals surface area contributed by atoms with Gasteiger partial charge in [-0.3, -0.25) is 19.2 Å². The minimum atomic E-state index is -0.817. The zero-order valence-corrected chi connectivity index (χ0v) is 20.6. The maximum absolute atomic E-state index is 12.4. The van der Waals surface area contributed by atoms with E-state index in [1.165, 1.54) is 0 Å². The second-order valence-electron chi connectivity index (χ2n) is 10.6. The first-order valence-electron chi connectivity index (χ1n) is 12.2. The summed E-state index contributed by atoms with van der Waals surface area (Å²) in [6.07, 6.45) is 2.36. The quantitative estimate of drug-likeness (QED) is 0.579. The number of nitrogens with zero attached hydrogens (tertiary/aromatic N) is 2. The largest absolute Gasteiger partial charge is 0.481 e. The van der Waals surface area contributed by atoms with Crippen LogP contribution >= 0.6 is 0 Å². The van der Waals surface area contributed by atoms with Crippen molar-refractivity contribution in [3.8, 4) is 0 Å². The molecule has 2 spiro atoms. The van der Waals surface area contributed by atoms with Gasteiger partial charge >= 0.3 is 11.9 Å². The maximum Gasteiger partial charge on any atom is 0.309 e. The summed E-state index contributed by atoms with van der Waals surface area (Å²) in [6.45, 7) is 10.7. The Morgan fingerprint density at radius 1 is 0.941 bits per heavy atom. The summed E-state index contributed by atoms with van der Waals surface area (Å²) in [4.78, 5) is 50.1. The van der Waals surface area contributed by atoms with Crippen LogP contribution in [-0.4, -0.2) is 95.4 Å². The van der Waals surface area contributed by atoms with Crippen LogP contribution in [0.5, 0.6) is 0 Å². The number of hydrogen-bond acceptors (Lipinski definition) is 6. The van der Waals surface area contributed by atoms with Crippen molar-refractivity contribution in [2.24, 2.45) is 29.1 Å². The van der Waals surface area contributed by atoms with Crippen molar-refractivity contribution in [3.05, 3.63) is 0 Å². The van der Waals surface area contributed by atoms with Crippen LogP contribution in [-0.2, 0) is 28.7 Å². The molecule has 4 aliphatic heterocycles. The molecule has 10 heteroatoms. The third kappa shape index (κ3) is 4.66. The van der Waals surface area contributed by atoms with Crippen molar-refractivity contribution in [3.63, 3.8) is 0 Å². The molecule has 192 valence electrons. The van der Waals surface area contributed by atoms with Gasteiger partial charge in [0.05, 0.1) is 38.3 Å². The summed E-state index contributed by atoms with van der Waals surface area (Å²) in [5.74, 6) is -2.54. The van der Waals surface area contributed by atoms with E-state index in [0.717, 1.165) is 12.8 Å². The zero-order chi connectivity index (χ0) is 25.3. The maximum atomic E-state index is 12.4. The molecule has 3 unspecified atom stereocenters. The highest BCUT2D eigenvalue weighted by atomic mass is 16.5. The molecule has 0 bridgehead atoms. The van der Waals surface area contributed by atoms with Gasteiger partial charge in [-0.2, -0.15) is 0 Å².